The van der Waals surface area contributed by atoms with Gasteiger partial charge < -0.3 is 25.2 Å². The number of hydrogen-bond donors (Lipinski definition) is 4. The van der Waals surface area contributed by atoms with Crippen LogP contribution in [0.4, 0.5) is 0 Å². The summed E-state index contributed by atoms with van der Waals surface area (Å²) < 4.78 is 5.71. The molecule has 1 aliphatic heterocycles. The van der Waals surface area contributed by atoms with E-state index in [0.717, 1.165) is 12.8 Å². The third-order valence-electron chi connectivity index (χ3n) is 5.68. The monoisotopic (exact) mass is 420 g/mol. The van der Waals surface area contributed by atoms with Gasteiger partial charge in [-0.2, -0.15) is 0 Å². The second kappa shape index (κ2) is 15.9. The van der Waals surface area contributed by atoms with Gasteiger partial charge in [0.2, 0.25) is 0 Å². The molecule has 1 fully saturated rings. The van der Waals surface area contributed by atoms with E-state index in [9.17, 15) is 20.4 Å². The molecule has 5 nitrogen and oxygen atoms in total. The van der Waals surface area contributed by atoms with Crippen LogP contribution >= 0.6 is 11.8 Å². The molecule has 0 aliphatic carbocycles. The van der Waals surface area contributed by atoms with Crippen molar-refractivity contribution in [2.24, 2.45) is 0 Å². The van der Waals surface area contributed by atoms with Gasteiger partial charge in [0.15, 0.2) is 0 Å². The SMILES string of the molecule is CCCCCCCCCC(CCCCCC)SC1O[C@H](CO)[C@@H](O)[C@H](O)[C@H]1O. The highest BCUT2D eigenvalue weighted by atomic mass is 32.2. The number of unbranched alkanes of at least 4 members (excludes halogenated alkanes) is 9. The number of hydrogen-bond acceptors (Lipinski definition) is 6. The molecule has 2 unspecified atom stereocenters. The van der Waals surface area contributed by atoms with Crippen molar-refractivity contribution in [1.82, 2.24) is 0 Å². The smallest absolute Gasteiger partial charge is 0.132 e. The molecule has 0 saturated carbocycles. The predicted octanol–water partition coefficient (Wildman–Crippen LogP) is 4.00. The minimum Gasteiger partial charge on any atom is -0.394 e. The molecule has 6 heteroatoms. The summed E-state index contributed by atoms with van der Waals surface area (Å²) in [6, 6.07) is 0. The zero-order valence-corrected chi connectivity index (χ0v) is 18.8. The van der Waals surface area contributed by atoms with Crippen molar-refractivity contribution in [2.45, 2.75) is 132 Å². The van der Waals surface area contributed by atoms with E-state index < -0.39 is 29.9 Å². The van der Waals surface area contributed by atoms with Gasteiger partial charge in [0.25, 0.3) is 0 Å². The second-order valence-electron chi connectivity index (χ2n) is 8.21. The first kappa shape index (κ1) is 26.2. The van der Waals surface area contributed by atoms with Crippen LogP contribution in [0.5, 0.6) is 0 Å². The molecule has 4 N–H and O–H groups in total. The van der Waals surface area contributed by atoms with Gasteiger partial charge in [-0.25, -0.2) is 0 Å². The summed E-state index contributed by atoms with van der Waals surface area (Å²) in [6.07, 6.45) is 11.5. The Morgan fingerprint density at radius 1 is 0.714 bits per heavy atom. The van der Waals surface area contributed by atoms with Crippen LogP contribution in [0.15, 0.2) is 0 Å². The van der Waals surface area contributed by atoms with E-state index in [1.807, 2.05) is 0 Å². The molecule has 168 valence electrons. The van der Waals surface area contributed by atoms with Gasteiger partial charge >= 0.3 is 0 Å². The van der Waals surface area contributed by atoms with Crippen LogP contribution in [0.2, 0.25) is 0 Å². The lowest BCUT2D eigenvalue weighted by molar-refractivity contribution is -0.205. The van der Waals surface area contributed by atoms with Crippen molar-refractivity contribution in [3.05, 3.63) is 0 Å². The van der Waals surface area contributed by atoms with Gasteiger partial charge in [-0.05, 0) is 12.8 Å². The lowest BCUT2D eigenvalue weighted by Gasteiger charge is -2.40. The summed E-state index contributed by atoms with van der Waals surface area (Å²) in [5, 5.41) is 40.1. The Hall–Kier alpha value is 0.150. The number of thioether (sulfide) groups is 1. The van der Waals surface area contributed by atoms with Crippen LogP contribution in [0.3, 0.4) is 0 Å². The van der Waals surface area contributed by atoms with Gasteiger partial charge in [-0.3, -0.25) is 0 Å². The van der Waals surface area contributed by atoms with E-state index in [0.29, 0.717) is 5.25 Å². The first-order chi connectivity index (χ1) is 13.5. The third-order valence-corrected chi connectivity index (χ3v) is 7.20. The summed E-state index contributed by atoms with van der Waals surface area (Å²) in [7, 11) is 0. The van der Waals surface area contributed by atoms with Crippen LogP contribution in [0, 0.1) is 0 Å². The maximum atomic E-state index is 10.3. The van der Waals surface area contributed by atoms with Crippen molar-refractivity contribution >= 4 is 11.8 Å². The van der Waals surface area contributed by atoms with E-state index in [1.54, 1.807) is 11.8 Å². The highest BCUT2D eigenvalue weighted by Gasteiger charge is 2.44. The maximum Gasteiger partial charge on any atom is 0.132 e. The van der Waals surface area contributed by atoms with Gasteiger partial charge in [0, 0.05) is 5.25 Å². The Kier molecular flexibility index (Phi) is 14.9. The number of aliphatic hydroxyl groups excluding tert-OH is 4. The zero-order chi connectivity index (χ0) is 20.8. The summed E-state index contributed by atoms with van der Waals surface area (Å²) in [4.78, 5) is 0. The first-order valence-corrected chi connectivity index (χ1v) is 12.4. The van der Waals surface area contributed by atoms with Crippen molar-refractivity contribution in [1.29, 1.82) is 0 Å². The molecular formula is C22H44O5S. The Morgan fingerprint density at radius 3 is 1.75 bits per heavy atom. The largest absolute Gasteiger partial charge is 0.394 e. The Balaban J connectivity index is 2.48. The fraction of sp³-hybridized carbons (Fsp3) is 1.00. The van der Waals surface area contributed by atoms with E-state index in [4.69, 9.17) is 4.74 Å². The van der Waals surface area contributed by atoms with Gasteiger partial charge in [0.1, 0.15) is 29.9 Å². The molecular weight excluding hydrogens is 376 g/mol. The Morgan fingerprint density at radius 2 is 1.21 bits per heavy atom. The molecule has 1 aliphatic rings. The summed E-state index contributed by atoms with van der Waals surface area (Å²) in [5.41, 5.74) is -0.601. The van der Waals surface area contributed by atoms with Gasteiger partial charge in [-0.1, -0.05) is 84.5 Å². The number of rotatable bonds is 16. The van der Waals surface area contributed by atoms with Crippen molar-refractivity contribution < 1.29 is 25.2 Å². The van der Waals surface area contributed by atoms with Crippen LogP contribution in [-0.4, -0.2) is 62.1 Å². The minimum absolute atomic E-state index is 0.360. The molecule has 0 amide bonds. The molecule has 1 rings (SSSR count). The van der Waals surface area contributed by atoms with Crippen LogP contribution < -0.4 is 0 Å². The normalized spacial score (nSPS) is 29.1. The molecule has 1 heterocycles. The van der Waals surface area contributed by atoms with E-state index in [-0.39, 0.29) is 6.61 Å². The van der Waals surface area contributed by atoms with E-state index in [2.05, 4.69) is 13.8 Å². The lowest BCUT2D eigenvalue weighted by Crippen LogP contribution is -2.57. The third kappa shape index (κ3) is 9.77. The molecule has 0 aromatic carbocycles. The van der Waals surface area contributed by atoms with E-state index in [1.165, 1.54) is 70.6 Å². The molecule has 6 atom stereocenters. The summed E-state index contributed by atoms with van der Waals surface area (Å²) in [6.45, 7) is 4.08. The van der Waals surface area contributed by atoms with Crippen molar-refractivity contribution in [3.8, 4) is 0 Å². The zero-order valence-electron chi connectivity index (χ0n) is 18.0. The molecule has 0 aromatic rings. The van der Waals surface area contributed by atoms with Crippen LogP contribution in [-0.2, 0) is 4.74 Å². The minimum atomic E-state index is -1.28. The topological polar surface area (TPSA) is 90.2 Å². The summed E-state index contributed by atoms with van der Waals surface area (Å²) >= 11 is 1.57. The van der Waals surface area contributed by atoms with Crippen LogP contribution in [0.25, 0.3) is 0 Å². The predicted molar refractivity (Wildman–Crippen MR) is 117 cm³/mol. The fourth-order valence-corrected chi connectivity index (χ4v) is 5.29. The van der Waals surface area contributed by atoms with Crippen molar-refractivity contribution in [3.63, 3.8) is 0 Å². The molecule has 1 saturated heterocycles. The molecule has 28 heavy (non-hydrogen) atoms. The van der Waals surface area contributed by atoms with Gasteiger partial charge in [-0.15, -0.1) is 11.8 Å². The molecule has 0 spiro atoms. The second-order valence-corrected chi connectivity index (χ2v) is 9.62. The quantitative estimate of drug-likeness (QED) is 0.282. The first-order valence-electron chi connectivity index (χ1n) is 11.5. The van der Waals surface area contributed by atoms with E-state index >= 15 is 0 Å². The highest BCUT2D eigenvalue weighted by molar-refractivity contribution is 8.00. The van der Waals surface area contributed by atoms with Crippen molar-refractivity contribution in [2.75, 3.05) is 6.61 Å². The molecule has 0 aromatic heterocycles. The standard InChI is InChI=1S/C22H44O5S/c1-3-5-7-9-10-11-13-15-17(14-12-8-6-4-2)28-22-21(26)20(25)19(24)18(16-23)27-22/h17-26H,3-16H2,1-2H3/t17?,18-,19-,20+,21-,22?/m1/s1. The highest BCUT2D eigenvalue weighted by Crippen LogP contribution is 2.35. The average Bonchev–Trinajstić information content (AvgIpc) is 2.70. The molecule has 0 radical (unpaired) electrons. The average molecular weight is 421 g/mol. The summed E-state index contributed by atoms with van der Waals surface area (Å²) in [5.74, 6) is 0. The number of ether oxygens (including phenoxy) is 1. The molecule has 0 bridgehead atoms. The maximum absolute atomic E-state index is 10.3. The Labute approximate surface area is 176 Å². The fourth-order valence-electron chi connectivity index (χ4n) is 3.78. The lowest BCUT2D eigenvalue weighted by atomic mass is 10.0. The van der Waals surface area contributed by atoms with Crippen LogP contribution in [0.1, 0.15) is 97.3 Å². The van der Waals surface area contributed by atoms with Gasteiger partial charge in [0.05, 0.1) is 6.61 Å². The number of aliphatic hydroxyl groups is 4. The Bertz CT molecular complexity index is 369.